The Hall–Kier alpha value is -0.120. The first-order chi connectivity index (χ1) is 8.74. The summed E-state index contributed by atoms with van der Waals surface area (Å²) in [5.74, 6) is 0. The third kappa shape index (κ3) is 3.25. The number of fused-ring (bicyclic) bond motifs is 2. The summed E-state index contributed by atoms with van der Waals surface area (Å²) in [6.07, 6.45) is 1.85. The van der Waals surface area contributed by atoms with Crippen molar-refractivity contribution in [2.75, 3.05) is 26.2 Å². The van der Waals surface area contributed by atoms with E-state index >= 15 is 0 Å². The Kier molecular flexibility index (Phi) is 6.61. The van der Waals surface area contributed by atoms with Gasteiger partial charge in [0, 0.05) is 37.8 Å². The van der Waals surface area contributed by atoms with Crippen molar-refractivity contribution in [3.8, 4) is 0 Å². The van der Waals surface area contributed by atoms with E-state index in [2.05, 4.69) is 23.6 Å². The molecule has 3 heterocycles. The highest BCUT2D eigenvalue weighted by Gasteiger charge is 2.45. The average molecular weight is 256 g/mol. The van der Waals surface area contributed by atoms with Crippen LogP contribution in [0.1, 0.15) is 48.0 Å². The molecule has 18 heavy (non-hydrogen) atoms. The van der Waals surface area contributed by atoms with Crippen LogP contribution in [-0.4, -0.2) is 60.3 Å². The van der Waals surface area contributed by atoms with Gasteiger partial charge >= 0.3 is 0 Å². The molecule has 3 aliphatic rings. The molecule has 3 saturated heterocycles. The van der Waals surface area contributed by atoms with Gasteiger partial charge in [-0.15, -0.1) is 0 Å². The molecule has 3 aliphatic heterocycles. The second kappa shape index (κ2) is 7.46. The van der Waals surface area contributed by atoms with E-state index < -0.39 is 0 Å². The van der Waals surface area contributed by atoms with Crippen LogP contribution in [0.15, 0.2) is 0 Å². The molecular formula is C15H32N2O. The fraction of sp³-hybridized carbons (Fsp3) is 1.00. The van der Waals surface area contributed by atoms with Crippen LogP contribution in [-0.2, 0) is 4.74 Å². The minimum atomic E-state index is 0.563. The summed E-state index contributed by atoms with van der Waals surface area (Å²) in [6.45, 7) is 17.3. The molecule has 0 N–H and O–H groups in total. The van der Waals surface area contributed by atoms with Gasteiger partial charge < -0.3 is 4.74 Å². The Morgan fingerprint density at radius 3 is 1.94 bits per heavy atom. The summed E-state index contributed by atoms with van der Waals surface area (Å²) in [4.78, 5) is 5.24. The minimum absolute atomic E-state index is 0.563. The molecule has 0 aliphatic carbocycles. The second-order valence-electron chi connectivity index (χ2n) is 5.24. The quantitative estimate of drug-likeness (QED) is 0.755. The minimum Gasteiger partial charge on any atom is -0.375 e. The zero-order valence-corrected chi connectivity index (χ0v) is 13.1. The summed E-state index contributed by atoms with van der Waals surface area (Å²) in [5.41, 5.74) is 0. The molecule has 2 atom stereocenters. The normalized spacial score (nSPS) is 31.5. The molecule has 3 heteroatoms. The third-order valence-electron chi connectivity index (χ3n) is 4.03. The van der Waals surface area contributed by atoms with Crippen molar-refractivity contribution in [1.82, 2.24) is 9.80 Å². The number of morpholine rings is 1. The number of ether oxygens (including phenoxy) is 1. The Labute approximate surface area is 113 Å². The van der Waals surface area contributed by atoms with Gasteiger partial charge in [0.2, 0.25) is 0 Å². The zero-order valence-electron chi connectivity index (χ0n) is 13.1. The number of likely N-dealkylation sites (tertiary alicyclic amines) is 2. The standard InChI is InChI=1S/C11H20N2O.2C2H6/c1-8(2)12-4-10(5-12)13-6-11-3-9(13)7-14-11;2*1-2/h8-11H,3-7H2,1-2H3;2*1-2H3. The van der Waals surface area contributed by atoms with Crippen LogP contribution >= 0.6 is 0 Å². The van der Waals surface area contributed by atoms with Gasteiger partial charge in [0.15, 0.2) is 0 Å². The molecule has 2 bridgehead atoms. The zero-order chi connectivity index (χ0) is 13.7. The third-order valence-corrected chi connectivity index (χ3v) is 4.03. The van der Waals surface area contributed by atoms with Gasteiger partial charge in [0.05, 0.1) is 12.7 Å². The van der Waals surface area contributed by atoms with Crippen molar-refractivity contribution in [2.24, 2.45) is 0 Å². The predicted molar refractivity (Wildman–Crippen MR) is 78.0 cm³/mol. The van der Waals surface area contributed by atoms with Crippen molar-refractivity contribution >= 4 is 0 Å². The number of rotatable bonds is 2. The van der Waals surface area contributed by atoms with E-state index in [1.54, 1.807) is 0 Å². The average Bonchev–Trinajstić information content (AvgIpc) is 2.94. The molecule has 0 spiro atoms. The summed E-state index contributed by atoms with van der Waals surface area (Å²) in [6, 6.07) is 2.30. The topological polar surface area (TPSA) is 15.7 Å². The second-order valence-corrected chi connectivity index (χ2v) is 5.24. The van der Waals surface area contributed by atoms with Crippen LogP contribution in [0.4, 0.5) is 0 Å². The van der Waals surface area contributed by atoms with Gasteiger partial charge in [-0.1, -0.05) is 27.7 Å². The molecule has 0 aromatic carbocycles. The first-order valence-electron chi connectivity index (χ1n) is 7.85. The highest BCUT2D eigenvalue weighted by atomic mass is 16.5. The lowest BCUT2D eigenvalue weighted by Crippen LogP contribution is -2.63. The fourth-order valence-electron chi connectivity index (χ4n) is 3.00. The molecule has 0 amide bonds. The van der Waals surface area contributed by atoms with E-state index in [0.29, 0.717) is 6.10 Å². The monoisotopic (exact) mass is 256 g/mol. The van der Waals surface area contributed by atoms with Gasteiger partial charge in [-0.2, -0.15) is 0 Å². The van der Waals surface area contributed by atoms with Crippen molar-refractivity contribution in [2.45, 2.75) is 72.2 Å². The lowest BCUT2D eigenvalue weighted by Gasteiger charge is -2.48. The van der Waals surface area contributed by atoms with Crippen LogP contribution in [0, 0.1) is 0 Å². The van der Waals surface area contributed by atoms with Gasteiger partial charge in [-0.25, -0.2) is 0 Å². The molecule has 108 valence electrons. The van der Waals surface area contributed by atoms with E-state index in [9.17, 15) is 0 Å². The van der Waals surface area contributed by atoms with E-state index in [1.165, 1.54) is 26.1 Å². The van der Waals surface area contributed by atoms with Gasteiger partial charge in [-0.3, -0.25) is 9.80 Å². The van der Waals surface area contributed by atoms with Crippen LogP contribution in [0.2, 0.25) is 0 Å². The maximum Gasteiger partial charge on any atom is 0.0718 e. The summed E-state index contributed by atoms with van der Waals surface area (Å²) in [5, 5.41) is 0. The van der Waals surface area contributed by atoms with Gasteiger partial charge in [-0.05, 0) is 20.3 Å². The van der Waals surface area contributed by atoms with Gasteiger partial charge in [0.25, 0.3) is 0 Å². The highest BCUT2D eigenvalue weighted by Crippen LogP contribution is 2.32. The molecule has 2 unspecified atom stereocenters. The maximum absolute atomic E-state index is 5.62. The Balaban J connectivity index is 0.000000371. The Bertz CT molecular complexity index is 227. The molecule has 3 rings (SSSR count). The fourth-order valence-corrected chi connectivity index (χ4v) is 3.00. The molecular weight excluding hydrogens is 224 g/mol. The molecule has 0 radical (unpaired) electrons. The van der Waals surface area contributed by atoms with Crippen molar-refractivity contribution in [3.63, 3.8) is 0 Å². The number of hydrogen-bond acceptors (Lipinski definition) is 3. The number of nitrogens with zero attached hydrogens (tertiary/aromatic N) is 2. The lowest BCUT2D eigenvalue weighted by molar-refractivity contribution is -0.0432. The van der Waals surface area contributed by atoms with Crippen LogP contribution in [0.5, 0.6) is 0 Å². The molecule has 0 aromatic heterocycles. The largest absolute Gasteiger partial charge is 0.375 e. The first-order valence-corrected chi connectivity index (χ1v) is 7.85. The van der Waals surface area contributed by atoms with E-state index in [4.69, 9.17) is 4.74 Å². The van der Waals surface area contributed by atoms with Crippen molar-refractivity contribution in [3.05, 3.63) is 0 Å². The lowest BCUT2D eigenvalue weighted by atomic mass is 10.0. The summed E-state index contributed by atoms with van der Waals surface area (Å²) in [7, 11) is 0. The summed E-state index contributed by atoms with van der Waals surface area (Å²) >= 11 is 0. The Morgan fingerprint density at radius 2 is 1.56 bits per heavy atom. The molecule has 0 aromatic rings. The highest BCUT2D eigenvalue weighted by molar-refractivity contribution is 5.00. The van der Waals surface area contributed by atoms with Crippen molar-refractivity contribution < 1.29 is 4.74 Å². The smallest absolute Gasteiger partial charge is 0.0718 e. The molecule has 0 saturated carbocycles. The molecule has 3 fully saturated rings. The predicted octanol–water partition coefficient (Wildman–Crippen LogP) is 2.60. The van der Waals surface area contributed by atoms with Crippen molar-refractivity contribution in [1.29, 1.82) is 0 Å². The van der Waals surface area contributed by atoms with Gasteiger partial charge in [0.1, 0.15) is 0 Å². The maximum atomic E-state index is 5.62. The van der Waals surface area contributed by atoms with E-state index in [1.807, 2.05) is 27.7 Å². The summed E-state index contributed by atoms with van der Waals surface area (Å²) < 4.78 is 5.62. The Morgan fingerprint density at radius 1 is 0.944 bits per heavy atom. The van der Waals surface area contributed by atoms with Crippen LogP contribution in [0.25, 0.3) is 0 Å². The molecule has 3 nitrogen and oxygen atoms in total. The van der Waals surface area contributed by atoms with Crippen LogP contribution in [0.3, 0.4) is 0 Å². The SMILES string of the molecule is CC.CC.CC(C)N1CC(N2CC3CC2CO3)C1. The number of hydrogen-bond donors (Lipinski definition) is 0. The van der Waals surface area contributed by atoms with E-state index in [-0.39, 0.29) is 0 Å². The van der Waals surface area contributed by atoms with Crippen LogP contribution < -0.4 is 0 Å². The van der Waals surface area contributed by atoms with E-state index in [0.717, 1.165) is 24.7 Å². The first kappa shape index (κ1) is 15.9.